The molecule has 0 aliphatic carbocycles. The van der Waals surface area contributed by atoms with Gasteiger partial charge in [0, 0.05) is 13.2 Å². The lowest BCUT2D eigenvalue weighted by molar-refractivity contribution is 0.857. The second-order valence-electron chi connectivity index (χ2n) is 4.00. The van der Waals surface area contributed by atoms with Crippen LogP contribution in [-0.4, -0.2) is 30.4 Å². The van der Waals surface area contributed by atoms with Crippen LogP contribution in [0.5, 0.6) is 0 Å². The first-order valence-electron chi connectivity index (χ1n) is 5.38. The summed E-state index contributed by atoms with van der Waals surface area (Å²) in [5, 5.41) is 5.57. The van der Waals surface area contributed by atoms with Crippen LogP contribution in [0.1, 0.15) is 5.69 Å². The first-order valence-corrected chi connectivity index (χ1v) is 6.61. The first kappa shape index (κ1) is 11.2. The van der Waals surface area contributed by atoms with E-state index in [4.69, 9.17) is 0 Å². The number of rotatable bonds is 1. The summed E-state index contributed by atoms with van der Waals surface area (Å²) in [5.41, 5.74) is 1.35. The minimum atomic E-state index is -0.0689. The molecule has 6 nitrogen and oxygen atoms in total. The topological polar surface area (TPSA) is 65.1 Å². The van der Waals surface area contributed by atoms with Crippen molar-refractivity contribution in [1.29, 1.82) is 0 Å². The molecule has 0 fully saturated rings. The van der Waals surface area contributed by atoms with Gasteiger partial charge >= 0.3 is 0 Å². The highest BCUT2D eigenvalue weighted by atomic mass is 32.2. The van der Waals surface area contributed by atoms with E-state index in [1.165, 1.54) is 16.3 Å². The summed E-state index contributed by atoms with van der Waals surface area (Å²) < 4.78 is 3.16. The van der Waals surface area contributed by atoms with Crippen LogP contribution in [0.3, 0.4) is 0 Å². The first-order chi connectivity index (χ1) is 8.61. The zero-order chi connectivity index (χ0) is 12.9. The van der Waals surface area contributed by atoms with Crippen LogP contribution in [0.15, 0.2) is 22.2 Å². The molecule has 0 aromatic carbocycles. The van der Waals surface area contributed by atoms with Gasteiger partial charge in [0.2, 0.25) is 5.16 Å². The maximum Gasteiger partial charge on any atom is 0.261 e. The van der Waals surface area contributed by atoms with Crippen LogP contribution in [0, 0.1) is 6.92 Å². The minimum absolute atomic E-state index is 0.0689. The lowest BCUT2D eigenvalue weighted by Gasteiger charge is -2.04. The molecule has 0 amide bonds. The Bertz CT molecular complexity index is 820. The zero-order valence-electron chi connectivity index (χ0n) is 10.2. The van der Waals surface area contributed by atoms with E-state index in [1.807, 2.05) is 19.2 Å². The Morgan fingerprint density at radius 2 is 2.11 bits per heavy atom. The summed E-state index contributed by atoms with van der Waals surface area (Å²) >= 11 is 1.45. The molecule has 0 unspecified atom stereocenters. The molecule has 3 heterocycles. The maximum atomic E-state index is 12.1. The van der Waals surface area contributed by atoms with E-state index in [2.05, 4.69) is 15.1 Å². The SMILES string of the molecule is CSc1nc2nc(C)c3c(=O)n(C)ccc3n2n1. The molecule has 0 aliphatic rings. The number of fused-ring (bicyclic) bond motifs is 3. The van der Waals surface area contributed by atoms with Crippen molar-refractivity contribution in [3.63, 3.8) is 0 Å². The van der Waals surface area contributed by atoms with Gasteiger partial charge in [0.05, 0.1) is 16.6 Å². The number of thioether (sulfide) groups is 1. The molecule has 7 heteroatoms. The maximum absolute atomic E-state index is 12.1. The van der Waals surface area contributed by atoms with Crippen LogP contribution in [-0.2, 0) is 7.05 Å². The van der Waals surface area contributed by atoms with Gasteiger partial charge in [0.25, 0.3) is 11.3 Å². The van der Waals surface area contributed by atoms with Crippen molar-refractivity contribution in [1.82, 2.24) is 24.1 Å². The molecule has 0 saturated carbocycles. The fourth-order valence-electron chi connectivity index (χ4n) is 1.95. The van der Waals surface area contributed by atoms with Crippen LogP contribution in [0.25, 0.3) is 16.7 Å². The molecule has 18 heavy (non-hydrogen) atoms. The van der Waals surface area contributed by atoms with Gasteiger partial charge in [-0.3, -0.25) is 4.79 Å². The van der Waals surface area contributed by atoms with Gasteiger partial charge in [-0.1, -0.05) is 11.8 Å². The van der Waals surface area contributed by atoms with Gasteiger partial charge in [0.1, 0.15) is 0 Å². The Morgan fingerprint density at radius 3 is 2.83 bits per heavy atom. The molecule has 0 N–H and O–H groups in total. The van der Waals surface area contributed by atoms with Crippen LogP contribution >= 0.6 is 11.8 Å². The average molecular weight is 261 g/mol. The Balaban J connectivity index is 2.58. The van der Waals surface area contributed by atoms with Crippen LogP contribution < -0.4 is 5.56 Å². The Kier molecular flexibility index (Phi) is 2.37. The normalized spacial score (nSPS) is 11.5. The third-order valence-corrected chi connectivity index (χ3v) is 3.40. The molecule has 0 aliphatic heterocycles. The molecular weight excluding hydrogens is 250 g/mol. The monoisotopic (exact) mass is 261 g/mol. The predicted molar refractivity (Wildman–Crippen MR) is 70.0 cm³/mol. The van der Waals surface area contributed by atoms with Gasteiger partial charge in [-0.05, 0) is 19.2 Å². The van der Waals surface area contributed by atoms with E-state index < -0.39 is 0 Å². The van der Waals surface area contributed by atoms with Gasteiger partial charge in [-0.2, -0.15) is 9.50 Å². The number of pyridine rings is 1. The van der Waals surface area contributed by atoms with E-state index in [1.54, 1.807) is 17.8 Å². The third kappa shape index (κ3) is 1.43. The van der Waals surface area contributed by atoms with Crippen molar-refractivity contribution in [3.8, 4) is 0 Å². The molecule has 92 valence electrons. The molecule has 0 radical (unpaired) electrons. The van der Waals surface area contributed by atoms with E-state index in [0.717, 1.165) is 5.52 Å². The molecule has 3 rings (SSSR count). The smallest absolute Gasteiger partial charge is 0.261 e. The molecule has 0 saturated heterocycles. The van der Waals surface area contributed by atoms with Gasteiger partial charge in [-0.25, -0.2) is 4.98 Å². The lowest BCUT2D eigenvalue weighted by Crippen LogP contribution is -2.18. The summed E-state index contributed by atoms with van der Waals surface area (Å²) in [6.07, 6.45) is 3.63. The fraction of sp³-hybridized carbons (Fsp3) is 0.273. The van der Waals surface area contributed by atoms with Crippen LogP contribution in [0.4, 0.5) is 0 Å². The minimum Gasteiger partial charge on any atom is -0.318 e. The van der Waals surface area contributed by atoms with Gasteiger partial charge in [-0.15, -0.1) is 5.10 Å². The Morgan fingerprint density at radius 1 is 1.33 bits per heavy atom. The largest absolute Gasteiger partial charge is 0.318 e. The number of nitrogens with zero attached hydrogens (tertiary/aromatic N) is 5. The standard InChI is InChI=1S/C11H11N5OS/c1-6-8-7(4-5-15(2)9(8)17)16-10(12-6)13-11(14-16)18-3/h4-5H,1-3H3. The highest BCUT2D eigenvalue weighted by molar-refractivity contribution is 7.98. The number of aromatic nitrogens is 5. The summed E-state index contributed by atoms with van der Waals surface area (Å²) in [6.45, 7) is 1.82. The van der Waals surface area contributed by atoms with E-state index in [9.17, 15) is 4.79 Å². The zero-order valence-corrected chi connectivity index (χ0v) is 11.0. The van der Waals surface area contributed by atoms with Crippen molar-refractivity contribution in [2.24, 2.45) is 7.05 Å². The van der Waals surface area contributed by atoms with Gasteiger partial charge in [0.15, 0.2) is 0 Å². The van der Waals surface area contributed by atoms with E-state index in [-0.39, 0.29) is 5.56 Å². The van der Waals surface area contributed by atoms with Gasteiger partial charge < -0.3 is 4.57 Å². The molecule has 0 spiro atoms. The highest BCUT2D eigenvalue weighted by Gasteiger charge is 2.12. The lowest BCUT2D eigenvalue weighted by atomic mass is 10.2. The summed E-state index contributed by atoms with van der Waals surface area (Å²) in [7, 11) is 1.72. The summed E-state index contributed by atoms with van der Waals surface area (Å²) in [4.78, 5) is 20.8. The third-order valence-electron chi connectivity index (χ3n) is 2.86. The Labute approximate surface area is 107 Å². The summed E-state index contributed by atoms with van der Waals surface area (Å²) in [6, 6.07) is 1.86. The Hall–Kier alpha value is -1.89. The second kappa shape index (κ2) is 3.81. The molecule has 0 atom stereocenters. The van der Waals surface area contributed by atoms with Crippen molar-refractivity contribution in [2.45, 2.75) is 12.1 Å². The van der Waals surface area contributed by atoms with E-state index >= 15 is 0 Å². The van der Waals surface area contributed by atoms with Crippen molar-refractivity contribution in [3.05, 3.63) is 28.3 Å². The quantitative estimate of drug-likeness (QED) is 0.612. The molecule has 3 aromatic rings. The van der Waals surface area contributed by atoms with Crippen molar-refractivity contribution < 1.29 is 0 Å². The summed E-state index contributed by atoms with van der Waals surface area (Å²) in [5.74, 6) is 0.526. The average Bonchev–Trinajstić information content (AvgIpc) is 2.76. The fourth-order valence-corrected chi connectivity index (χ4v) is 2.28. The van der Waals surface area contributed by atoms with Crippen molar-refractivity contribution in [2.75, 3.05) is 6.26 Å². The molecule has 0 bridgehead atoms. The number of hydrogen-bond donors (Lipinski definition) is 0. The molecule has 3 aromatic heterocycles. The number of hydrogen-bond acceptors (Lipinski definition) is 5. The molecular formula is C11H11N5OS. The van der Waals surface area contributed by atoms with Crippen LogP contribution in [0.2, 0.25) is 0 Å². The van der Waals surface area contributed by atoms with E-state index in [0.29, 0.717) is 22.0 Å². The highest BCUT2D eigenvalue weighted by Crippen LogP contribution is 2.16. The van der Waals surface area contributed by atoms with Crippen molar-refractivity contribution >= 4 is 28.4 Å². The predicted octanol–water partition coefficient (Wildman–Crippen LogP) is 1.01. The second-order valence-corrected chi connectivity index (χ2v) is 4.77. The number of aryl methyl sites for hydroxylation is 2.